The molecule has 6 rings (SSSR count). The van der Waals surface area contributed by atoms with Gasteiger partial charge in [0.15, 0.2) is 17.0 Å². The zero-order chi connectivity index (χ0) is 30.2. The van der Waals surface area contributed by atoms with Crippen LogP contribution in [-0.4, -0.2) is 69.4 Å². The minimum Gasteiger partial charge on any atom is -0.497 e. The quantitative estimate of drug-likeness (QED) is 0.208. The molecule has 4 heterocycles. The van der Waals surface area contributed by atoms with Crippen molar-refractivity contribution >= 4 is 28.6 Å². The summed E-state index contributed by atoms with van der Waals surface area (Å²) in [5, 5.41) is 0.188. The van der Waals surface area contributed by atoms with Crippen LogP contribution >= 0.6 is 11.6 Å². The van der Waals surface area contributed by atoms with Crippen LogP contribution in [0.5, 0.6) is 5.75 Å². The van der Waals surface area contributed by atoms with Gasteiger partial charge in [0.05, 0.1) is 25.8 Å². The lowest BCUT2D eigenvalue weighted by Crippen LogP contribution is -2.57. The summed E-state index contributed by atoms with van der Waals surface area (Å²) in [6.07, 6.45) is -0.294. The van der Waals surface area contributed by atoms with Crippen LogP contribution in [0.2, 0.25) is 5.28 Å². The van der Waals surface area contributed by atoms with Crippen molar-refractivity contribution in [1.29, 1.82) is 0 Å². The zero-order valence-corrected chi connectivity index (χ0v) is 25.6. The average molecular weight is 611 g/mol. The Balaban J connectivity index is 1.33. The molecule has 4 aromatic rings. The van der Waals surface area contributed by atoms with Crippen molar-refractivity contribution in [3.05, 3.63) is 76.3 Å². The van der Waals surface area contributed by atoms with Gasteiger partial charge in [-0.1, -0.05) is 36.4 Å². The van der Waals surface area contributed by atoms with Crippen molar-refractivity contribution in [1.82, 2.24) is 24.4 Å². The number of ether oxygens (including phenoxy) is 2. The summed E-state index contributed by atoms with van der Waals surface area (Å²) in [5.41, 5.74) is 3.50. The first-order chi connectivity index (χ1) is 20.7. The fraction of sp³-hybridized carbons (Fsp3) is 0.469. The monoisotopic (exact) mass is 610 g/mol. The van der Waals surface area contributed by atoms with Crippen molar-refractivity contribution in [2.75, 3.05) is 31.7 Å². The molecule has 2 aliphatic rings. The van der Waals surface area contributed by atoms with Crippen LogP contribution in [0.3, 0.4) is 0 Å². The van der Waals surface area contributed by atoms with Crippen LogP contribution in [0.15, 0.2) is 48.5 Å². The average Bonchev–Trinajstić information content (AvgIpc) is 3.63. The first-order valence-electron chi connectivity index (χ1n) is 14.8. The van der Waals surface area contributed by atoms with Crippen molar-refractivity contribution in [3.8, 4) is 5.75 Å². The van der Waals surface area contributed by atoms with E-state index < -0.39 is 6.43 Å². The molecule has 2 unspecified atom stereocenters. The molecule has 0 radical (unpaired) electrons. The molecule has 0 bridgehead atoms. The van der Waals surface area contributed by atoms with Crippen LogP contribution in [0.4, 0.5) is 14.6 Å². The van der Waals surface area contributed by atoms with Gasteiger partial charge in [-0.2, -0.15) is 9.97 Å². The second-order valence-electron chi connectivity index (χ2n) is 11.6. The first-order valence-corrected chi connectivity index (χ1v) is 15.2. The SMILES string of the molecule is COc1ccc(C(c2ccc(C(F)F)cc2)N2C[C@H](C)N(c3nc(Cl)nc4c3nc(C)n4CC3CCCO3)C[C@H]2C)cc1. The number of halogens is 3. The van der Waals surface area contributed by atoms with Crippen LogP contribution in [0.1, 0.15) is 61.7 Å². The number of alkyl halides is 2. The summed E-state index contributed by atoms with van der Waals surface area (Å²) < 4.78 is 40.1. The predicted molar refractivity (Wildman–Crippen MR) is 163 cm³/mol. The fourth-order valence-electron chi connectivity index (χ4n) is 6.47. The molecule has 2 aliphatic heterocycles. The molecule has 0 spiro atoms. The van der Waals surface area contributed by atoms with Crippen molar-refractivity contribution in [2.24, 2.45) is 0 Å². The smallest absolute Gasteiger partial charge is 0.263 e. The molecule has 0 aliphatic carbocycles. The van der Waals surface area contributed by atoms with Crippen LogP contribution < -0.4 is 9.64 Å². The Labute approximate surface area is 255 Å². The maximum absolute atomic E-state index is 13.4. The Bertz CT molecular complexity index is 1560. The largest absolute Gasteiger partial charge is 0.497 e. The standard InChI is InChI=1S/C32H37ClF2N6O2/c1-19-17-40(30-27-31(38-32(33)37-30)41(21(3)36-27)18-26-6-5-15-43-26)20(2)16-39(19)28(23-11-13-25(42-4)14-12-23)22-7-9-24(10-8-22)29(34)35/h7-14,19-20,26,28-29H,5-6,15-18H2,1-4H3/t19-,20+,26?,28?/m1/s1. The Hall–Kier alpha value is -3.34. The highest BCUT2D eigenvalue weighted by atomic mass is 35.5. The summed E-state index contributed by atoms with van der Waals surface area (Å²) in [5.74, 6) is 2.35. The van der Waals surface area contributed by atoms with E-state index in [1.165, 1.54) is 12.1 Å². The minimum absolute atomic E-state index is 0.0161. The third kappa shape index (κ3) is 5.92. The van der Waals surface area contributed by atoms with Crippen LogP contribution in [-0.2, 0) is 11.3 Å². The van der Waals surface area contributed by atoms with E-state index >= 15 is 0 Å². The maximum atomic E-state index is 13.4. The van der Waals surface area contributed by atoms with Gasteiger partial charge >= 0.3 is 0 Å². The Kier molecular flexibility index (Phi) is 8.53. The fourth-order valence-corrected chi connectivity index (χ4v) is 6.63. The molecule has 4 atom stereocenters. The van der Waals surface area contributed by atoms with Crippen molar-refractivity contribution in [3.63, 3.8) is 0 Å². The zero-order valence-electron chi connectivity index (χ0n) is 24.9. The van der Waals surface area contributed by atoms with Gasteiger partial charge in [-0.3, -0.25) is 4.90 Å². The number of rotatable bonds is 8. The second-order valence-corrected chi connectivity index (χ2v) is 11.9. The van der Waals surface area contributed by atoms with Gasteiger partial charge in [-0.25, -0.2) is 13.8 Å². The Morgan fingerprint density at radius 3 is 2.26 bits per heavy atom. The molecule has 0 saturated carbocycles. The normalized spacial score (nSPS) is 22.0. The maximum Gasteiger partial charge on any atom is 0.263 e. The number of nitrogens with zero attached hydrogens (tertiary/aromatic N) is 6. The molecule has 0 amide bonds. The summed E-state index contributed by atoms with van der Waals surface area (Å²) >= 11 is 6.53. The number of imidazole rings is 1. The van der Waals surface area contributed by atoms with Gasteiger partial charge in [-0.15, -0.1) is 0 Å². The van der Waals surface area contributed by atoms with E-state index in [-0.39, 0.29) is 35.1 Å². The molecule has 2 aromatic heterocycles. The molecular formula is C32H37ClF2N6O2. The molecule has 0 N–H and O–H groups in total. The predicted octanol–water partition coefficient (Wildman–Crippen LogP) is 6.60. The molecule has 43 heavy (non-hydrogen) atoms. The van der Waals surface area contributed by atoms with Crippen molar-refractivity contribution < 1.29 is 18.3 Å². The molecule has 2 saturated heterocycles. The lowest BCUT2D eigenvalue weighted by molar-refractivity contribution is 0.0973. The number of anilines is 1. The van der Waals surface area contributed by atoms with Gasteiger partial charge < -0.3 is 18.9 Å². The topological polar surface area (TPSA) is 68.5 Å². The van der Waals surface area contributed by atoms with Gasteiger partial charge in [0.25, 0.3) is 6.43 Å². The molecule has 2 fully saturated rings. The number of methoxy groups -OCH3 is 1. The first kappa shape index (κ1) is 29.7. The molecule has 11 heteroatoms. The number of fused-ring (bicyclic) bond motifs is 1. The van der Waals surface area contributed by atoms with E-state index in [9.17, 15) is 8.78 Å². The summed E-state index contributed by atoms with van der Waals surface area (Å²) in [4.78, 5) is 18.9. The number of hydrogen-bond acceptors (Lipinski definition) is 7. The Morgan fingerprint density at radius 1 is 0.953 bits per heavy atom. The van der Waals surface area contributed by atoms with E-state index in [0.29, 0.717) is 19.6 Å². The Morgan fingerprint density at radius 2 is 1.63 bits per heavy atom. The van der Waals surface area contributed by atoms with E-state index in [0.717, 1.165) is 59.1 Å². The molecule has 2 aromatic carbocycles. The van der Waals surface area contributed by atoms with Gasteiger partial charge in [0, 0.05) is 37.3 Å². The minimum atomic E-state index is -2.51. The highest BCUT2D eigenvalue weighted by Crippen LogP contribution is 2.37. The third-order valence-corrected chi connectivity index (χ3v) is 8.89. The van der Waals surface area contributed by atoms with Gasteiger partial charge in [0.1, 0.15) is 11.6 Å². The number of piperazine rings is 1. The third-order valence-electron chi connectivity index (χ3n) is 8.72. The van der Waals surface area contributed by atoms with Crippen molar-refractivity contribution in [2.45, 2.75) is 70.8 Å². The lowest BCUT2D eigenvalue weighted by Gasteiger charge is -2.48. The van der Waals surface area contributed by atoms with Gasteiger partial charge in [0.2, 0.25) is 5.28 Å². The number of aromatic nitrogens is 4. The highest BCUT2D eigenvalue weighted by molar-refractivity contribution is 6.28. The van der Waals surface area contributed by atoms with Crippen LogP contribution in [0, 0.1) is 6.92 Å². The molecular weight excluding hydrogens is 574 g/mol. The van der Waals surface area contributed by atoms with Gasteiger partial charge in [-0.05, 0) is 68.5 Å². The lowest BCUT2D eigenvalue weighted by atomic mass is 9.93. The second kappa shape index (κ2) is 12.3. The molecule has 8 nitrogen and oxygen atoms in total. The number of benzene rings is 2. The van der Waals surface area contributed by atoms with E-state index in [1.54, 1.807) is 7.11 Å². The van der Waals surface area contributed by atoms with E-state index in [2.05, 4.69) is 33.2 Å². The van der Waals surface area contributed by atoms with E-state index in [1.807, 2.05) is 43.3 Å². The number of hydrogen-bond donors (Lipinski definition) is 0. The highest BCUT2D eigenvalue weighted by Gasteiger charge is 2.37. The molecule has 228 valence electrons. The van der Waals surface area contributed by atoms with Crippen LogP contribution in [0.25, 0.3) is 11.2 Å². The summed E-state index contributed by atoms with van der Waals surface area (Å²) in [6.45, 7) is 9.17. The summed E-state index contributed by atoms with van der Waals surface area (Å²) in [6, 6.07) is 14.6. The van der Waals surface area contributed by atoms with E-state index in [4.69, 9.17) is 31.0 Å². The number of aryl methyl sites for hydroxylation is 1. The summed E-state index contributed by atoms with van der Waals surface area (Å²) in [7, 11) is 1.64.